The number of aromatic amines is 1. The Bertz CT molecular complexity index is 992. The van der Waals surface area contributed by atoms with Crippen LogP contribution in [0.3, 0.4) is 0 Å². The second-order valence-electron chi connectivity index (χ2n) is 6.43. The highest BCUT2D eigenvalue weighted by atomic mass is 16.5. The average molecular weight is 368 g/mol. The monoisotopic (exact) mass is 368 g/mol. The second-order valence-corrected chi connectivity index (χ2v) is 6.43. The molecular formula is C21H24N2O4. The van der Waals surface area contributed by atoms with Gasteiger partial charge in [-0.15, -0.1) is 0 Å². The predicted octanol–water partition coefficient (Wildman–Crippen LogP) is 3.74. The molecule has 0 radical (unpaired) electrons. The maximum Gasteiger partial charge on any atom is 0.267 e. The first-order valence-electron chi connectivity index (χ1n) is 8.64. The molecule has 0 unspecified atom stereocenters. The molecule has 0 fully saturated rings. The van der Waals surface area contributed by atoms with Crippen molar-refractivity contribution in [2.24, 2.45) is 0 Å². The molecule has 0 bridgehead atoms. The SMILES string of the molecule is COc1cc(OC)c(OC)cc1CNC(=O)c1cc2c(C)cc(C)cc2[nH]1. The topological polar surface area (TPSA) is 72.6 Å². The summed E-state index contributed by atoms with van der Waals surface area (Å²) in [5, 5.41) is 3.98. The van der Waals surface area contributed by atoms with Crippen LogP contribution in [0.1, 0.15) is 27.2 Å². The van der Waals surface area contributed by atoms with Crippen molar-refractivity contribution in [2.45, 2.75) is 20.4 Å². The quantitative estimate of drug-likeness (QED) is 0.695. The summed E-state index contributed by atoms with van der Waals surface area (Å²) in [6.45, 7) is 4.38. The Balaban J connectivity index is 1.82. The van der Waals surface area contributed by atoms with Gasteiger partial charge in [0.2, 0.25) is 0 Å². The Morgan fingerprint density at radius 2 is 1.59 bits per heavy atom. The Kier molecular flexibility index (Phi) is 5.26. The van der Waals surface area contributed by atoms with Gasteiger partial charge in [0.25, 0.3) is 5.91 Å². The van der Waals surface area contributed by atoms with E-state index in [0.717, 1.165) is 27.6 Å². The number of amides is 1. The first-order chi connectivity index (χ1) is 13.0. The number of benzene rings is 2. The predicted molar refractivity (Wildman–Crippen MR) is 105 cm³/mol. The summed E-state index contributed by atoms with van der Waals surface area (Å²) in [6.07, 6.45) is 0. The van der Waals surface area contributed by atoms with Crippen LogP contribution in [0.25, 0.3) is 10.9 Å². The number of ether oxygens (including phenoxy) is 3. The molecule has 0 aliphatic heterocycles. The molecule has 27 heavy (non-hydrogen) atoms. The summed E-state index contributed by atoms with van der Waals surface area (Å²) in [5.41, 5.74) is 4.58. The van der Waals surface area contributed by atoms with Gasteiger partial charge in [0, 0.05) is 29.1 Å². The van der Waals surface area contributed by atoms with Gasteiger partial charge in [-0.05, 0) is 43.2 Å². The van der Waals surface area contributed by atoms with E-state index in [2.05, 4.69) is 16.4 Å². The standard InChI is InChI=1S/C21H24N2O4/c1-12-6-13(2)15-9-17(23-16(15)7-12)21(24)22-11-14-8-19(26-4)20(27-5)10-18(14)25-3/h6-10,23H,11H2,1-5H3,(H,22,24). The highest BCUT2D eigenvalue weighted by Crippen LogP contribution is 2.34. The van der Waals surface area contributed by atoms with E-state index in [4.69, 9.17) is 14.2 Å². The normalized spacial score (nSPS) is 10.7. The van der Waals surface area contributed by atoms with Crippen LogP contribution in [-0.2, 0) is 6.54 Å². The summed E-state index contributed by atoms with van der Waals surface area (Å²) < 4.78 is 16.0. The largest absolute Gasteiger partial charge is 0.496 e. The molecule has 1 amide bonds. The third-order valence-electron chi connectivity index (χ3n) is 4.56. The number of aromatic nitrogens is 1. The zero-order chi connectivity index (χ0) is 19.6. The number of hydrogen-bond acceptors (Lipinski definition) is 4. The molecule has 2 aromatic carbocycles. The number of rotatable bonds is 6. The molecule has 0 aliphatic rings. The molecule has 0 atom stereocenters. The lowest BCUT2D eigenvalue weighted by molar-refractivity contribution is 0.0946. The molecule has 0 aliphatic carbocycles. The fourth-order valence-electron chi connectivity index (χ4n) is 3.22. The maximum atomic E-state index is 12.6. The van der Waals surface area contributed by atoms with Crippen LogP contribution in [0.4, 0.5) is 0 Å². The first-order valence-corrected chi connectivity index (χ1v) is 8.64. The Morgan fingerprint density at radius 3 is 2.26 bits per heavy atom. The average Bonchev–Trinajstić information content (AvgIpc) is 3.09. The van der Waals surface area contributed by atoms with Crippen molar-refractivity contribution in [1.29, 1.82) is 0 Å². The van der Waals surface area contributed by atoms with E-state index >= 15 is 0 Å². The zero-order valence-corrected chi connectivity index (χ0v) is 16.2. The Morgan fingerprint density at radius 1 is 0.926 bits per heavy atom. The second kappa shape index (κ2) is 7.61. The number of aryl methyl sites for hydroxylation is 2. The van der Waals surface area contributed by atoms with Crippen molar-refractivity contribution in [3.63, 3.8) is 0 Å². The lowest BCUT2D eigenvalue weighted by Crippen LogP contribution is -2.23. The molecule has 1 heterocycles. The van der Waals surface area contributed by atoms with E-state index in [1.54, 1.807) is 33.5 Å². The van der Waals surface area contributed by atoms with Crippen molar-refractivity contribution >= 4 is 16.8 Å². The van der Waals surface area contributed by atoms with Gasteiger partial charge in [-0.3, -0.25) is 4.79 Å². The Hall–Kier alpha value is -3.15. The molecule has 3 aromatic rings. The molecule has 6 nitrogen and oxygen atoms in total. The lowest BCUT2D eigenvalue weighted by Gasteiger charge is -2.14. The highest BCUT2D eigenvalue weighted by molar-refractivity contribution is 5.99. The highest BCUT2D eigenvalue weighted by Gasteiger charge is 2.15. The first kappa shape index (κ1) is 18.6. The number of H-pyrrole nitrogens is 1. The van der Waals surface area contributed by atoms with Gasteiger partial charge < -0.3 is 24.5 Å². The summed E-state index contributed by atoms with van der Waals surface area (Å²) >= 11 is 0. The van der Waals surface area contributed by atoms with Crippen LogP contribution in [-0.4, -0.2) is 32.2 Å². The van der Waals surface area contributed by atoms with Crippen LogP contribution >= 0.6 is 0 Å². The molecular weight excluding hydrogens is 344 g/mol. The van der Waals surface area contributed by atoms with E-state index < -0.39 is 0 Å². The minimum absolute atomic E-state index is 0.180. The number of carbonyl (C=O) groups excluding carboxylic acids is 1. The molecule has 1 aromatic heterocycles. The van der Waals surface area contributed by atoms with Crippen LogP contribution in [0, 0.1) is 13.8 Å². The fraction of sp³-hybridized carbons (Fsp3) is 0.286. The van der Waals surface area contributed by atoms with Gasteiger partial charge in [0.1, 0.15) is 11.4 Å². The lowest BCUT2D eigenvalue weighted by atomic mass is 10.1. The van der Waals surface area contributed by atoms with E-state index in [9.17, 15) is 4.79 Å². The summed E-state index contributed by atoms with van der Waals surface area (Å²) in [7, 11) is 4.72. The molecule has 142 valence electrons. The van der Waals surface area contributed by atoms with Crippen LogP contribution in [0.2, 0.25) is 0 Å². The molecule has 6 heteroatoms. The third-order valence-corrected chi connectivity index (χ3v) is 4.56. The van der Waals surface area contributed by atoms with Gasteiger partial charge in [0.05, 0.1) is 21.3 Å². The van der Waals surface area contributed by atoms with E-state index in [-0.39, 0.29) is 5.91 Å². The summed E-state index contributed by atoms with van der Waals surface area (Å²) in [5.74, 6) is 1.60. The van der Waals surface area contributed by atoms with Crippen molar-refractivity contribution in [1.82, 2.24) is 10.3 Å². The van der Waals surface area contributed by atoms with Gasteiger partial charge >= 0.3 is 0 Å². The van der Waals surface area contributed by atoms with Crippen molar-refractivity contribution in [2.75, 3.05) is 21.3 Å². The molecule has 0 saturated carbocycles. The van der Waals surface area contributed by atoms with Crippen molar-refractivity contribution < 1.29 is 19.0 Å². The van der Waals surface area contributed by atoms with Crippen molar-refractivity contribution in [3.8, 4) is 17.2 Å². The van der Waals surface area contributed by atoms with Crippen LogP contribution in [0.5, 0.6) is 17.2 Å². The van der Waals surface area contributed by atoms with Gasteiger partial charge in [-0.25, -0.2) is 0 Å². The number of methoxy groups -OCH3 is 3. The number of hydrogen-bond donors (Lipinski definition) is 2. The minimum atomic E-state index is -0.180. The smallest absolute Gasteiger partial charge is 0.267 e. The molecule has 0 saturated heterocycles. The van der Waals surface area contributed by atoms with E-state index in [1.807, 2.05) is 26.0 Å². The van der Waals surface area contributed by atoms with Gasteiger partial charge in [-0.1, -0.05) is 6.07 Å². The minimum Gasteiger partial charge on any atom is -0.496 e. The molecule has 3 rings (SSSR count). The molecule has 0 spiro atoms. The Labute approximate surface area is 158 Å². The molecule has 2 N–H and O–H groups in total. The maximum absolute atomic E-state index is 12.6. The summed E-state index contributed by atoms with van der Waals surface area (Å²) in [4.78, 5) is 15.8. The number of fused-ring (bicyclic) bond motifs is 1. The van der Waals surface area contributed by atoms with Crippen LogP contribution in [0.15, 0.2) is 30.3 Å². The van der Waals surface area contributed by atoms with E-state index in [1.165, 1.54) is 0 Å². The fourth-order valence-corrected chi connectivity index (χ4v) is 3.22. The van der Waals surface area contributed by atoms with Gasteiger partial charge in [0.15, 0.2) is 11.5 Å². The number of carbonyl (C=O) groups is 1. The van der Waals surface area contributed by atoms with Crippen molar-refractivity contribution in [3.05, 3.63) is 52.7 Å². The van der Waals surface area contributed by atoms with Crippen LogP contribution < -0.4 is 19.5 Å². The van der Waals surface area contributed by atoms with E-state index in [0.29, 0.717) is 29.5 Å². The zero-order valence-electron chi connectivity index (χ0n) is 16.2. The number of nitrogens with one attached hydrogen (secondary N) is 2. The van der Waals surface area contributed by atoms with Gasteiger partial charge in [-0.2, -0.15) is 0 Å². The third kappa shape index (κ3) is 3.69. The summed E-state index contributed by atoms with van der Waals surface area (Å²) in [6, 6.07) is 9.57.